The van der Waals surface area contributed by atoms with Crippen LogP contribution in [0, 0.1) is 5.92 Å². The van der Waals surface area contributed by atoms with E-state index >= 15 is 0 Å². The van der Waals surface area contributed by atoms with Gasteiger partial charge >= 0.3 is 0 Å². The average Bonchev–Trinajstić information content (AvgIpc) is 3.72. The maximum Gasteiger partial charge on any atom is 0.256 e. The number of carbonyl (C=O) groups excluding carboxylic acids is 2. The lowest BCUT2D eigenvalue weighted by Crippen LogP contribution is -2.42. The number of aliphatic imine (C=N–C) groups is 1. The summed E-state index contributed by atoms with van der Waals surface area (Å²) in [5.41, 5.74) is 2.55. The predicted octanol–water partition coefficient (Wildman–Crippen LogP) is 2.74. The number of hydrogen-bond donors (Lipinski definition) is 1. The third-order valence-electron chi connectivity index (χ3n) is 8.30. The molecule has 1 atom stereocenters. The third-order valence-corrected chi connectivity index (χ3v) is 8.30. The lowest BCUT2D eigenvalue weighted by molar-refractivity contribution is -0.141. The van der Waals surface area contributed by atoms with Crippen LogP contribution in [-0.4, -0.2) is 73.1 Å². The molecule has 1 N–H and O–H groups in total. The van der Waals surface area contributed by atoms with Gasteiger partial charge in [-0.05, 0) is 61.3 Å². The van der Waals surface area contributed by atoms with Crippen LogP contribution in [0.5, 0.6) is 0 Å². The molecule has 0 radical (unpaired) electrons. The molecule has 2 aliphatic carbocycles. The highest BCUT2D eigenvalue weighted by Gasteiger charge is 2.58. The molecule has 2 saturated carbocycles. The van der Waals surface area contributed by atoms with Crippen molar-refractivity contribution in [3.05, 3.63) is 54.2 Å². The van der Waals surface area contributed by atoms with Crippen molar-refractivity contribution in [1.29, 1.82) is 0 Å². The topological polar surface area (TPSA) is 91.0 Å². The average molecular weight is 484 g/mol. The molecule has 1 saturated heterocycles. The lowest BCUT2D eigenvalue weighted by atomic mass is 10.0. The van der Waals surface area contributed by atoms with Crippen LogP contribution in [0.4, 0.5) is 0 Å². The van der Waals surface area contributed by atoms with E-state index in [0.29, 0.717) is 32.5 Å². The summed E-state index contributed by atoms with van der Waals surface area (Å²) in [5, 5.41) is 15.7. The Bertz CT molecular complexity index is 1430. The first-order chi connectivity index (χ1) is 17.4. The van der Waals surface area contributed by atoms with Gasteiger partial charge in [0.2, 0.25) is 0 Å². The molecule has 4 aliphatic rings. The maximum absolute atomic E-state index is 13.3. The fraction of sp³-hybridized carbons (Fsp3) is 0.429. The van der Waals surface area contributed by atoms with Crippen LogP contribution in [0.3, 0.4) is 0 Å². The van der Waals surface area contributed by atoms with Crippen LogP contribution in [0.2, 0.25) is 0 Å². The molecule has 0 unspecified atom stereocenters. The van der Waals surface area contributed by atoms with Crippen molar-refractivity contribution in [1.82, 2.24) is 19.6 Å². The second-order valence-electron chi connectivity index (χ2n) is 10.9. The Morgan fingerprint density at radius 2 is 1.78 bits per heavy atom. The maximum atomic E-state index is 13.3. The minimum absolute atomic E-state index is 0.0919. The number of nitrogens with zero attached hydrogens (tertiary/aromatic N) is 5. The van der Waals surface area contributed by atoms with Crippen LogP contribution in [0.1, 0.15) is 37.7 Å². The van der Waals surface area contributed by atoms with Gasteiger partial charge in [-0.15, -0.1) is 0 Å². The van der Waals surface area contributed by atoms with Gasteiger partial charge in [-0.1, -0.05) is 30.3 Å². The Kier molecular flexibility index (Phi) is 4.52. The van der Waals surface area contributed by atoms with E-state index in [9.17, 15) is 14.7 Å². The van der Waals surface area contributed by atoms with Crippen molar-refractivity contribution in [2.45, 2.75) is 43.2 Å². The van der Waals surface area contributed by atoms with E-state index in [0.717, 1.165) is 52.7 Å². The number of aliphatic hydroxyl groups is 1. The molecule has 2 amide bonds. The van der Waals surface area contributed by atoms with Crippen LogP contribution < -0.4 is 0 Å². The summed E-state index contributed by atoms with van der Waals surface area (Å²) < 4.78 is 1.87. The van der Waals surface area contributed by atoms with Gasteiger partial charge in [-0.3, -0.25) is 24.2 Å². The van der Waals surface area contributed by atoms with Crippen LogP contribution in [-0.2, 0) is 16.6 Å². The van der Waals surface area contributed by atoms with E-state index in [1.165, 1.54) is 0 Å². The van der Waals surface area contributed by atoms with E-state index in [4.69, 9.17) is 4.99 Å². The van der Waals surface area contributed by atoms with Gasteiger partial charge < -0.3 is 10.0 Å². The van der Waals surface area contributed by atoms with Gasteiger partial charge in [0.1, 0.15) is 17.0 Å². The van der Waals surface area contributed by atoms with Crippen LogP contribution in [0.25, 0.3) is 22.0 Å². The van der Waals surface area contributed by atoms with Crippen LogP contribution in [0.15, 0.2) is 53.7 Å². The smallest absolute Gasteiger partial charge is 0.256 e. The van der Waals surface area contributed by atoms with Gasteiger partial charge in [0.05, 0.1) is 11.7 Å². The van der Waals surface area contributed by atoms with E-state index in [1.54, 1.807) is 4.90 Å². The van der Waals surface area contributed by atoms with E-state index in [2.05, 4.69) is 47.6 Å². The number of aryl methyl sites for hydroxylation is 1. The van der Waals surface area contributed by atoms with Gasteiger partial charge in [0.15, 0.2) is 0 Å². The monoisotopic (exact) mass is 483 g/mol. The SMILES string of the molecule is Cn1ncc2cc(-c3ccc(C4=NC5(CC5)C(=O)N4C[C@@H]4CCN(C(=O)C5(O)CC5)C4)cc3)ccc21. The fourth-order valence-electron chi connectivity index (χ4n) is 5.70. The van der Waals surface area contributed by atoms with Crippen molar-refractivity contribution in [2.24, 2.45) is 18.0 Å². The molecular formula is C28H29N5O3. The normalized spacial score (nSPS) is 23.6. The van der Waals surface area contributed by atoms with Crippen LogP contribution >= 0.6 is 0 Å². The van der Waals surface area contributed by atoms with Gasteiger partial charge in [0.25, 0.3) is 11.8 Å². The van der Waals surface area contributed by atoms with Crippen molar-refractivity contribution in [3.8, 4) is 11.1 Å². The van der Waals surface area contributed by atoms with E-state index in [1.807, 2.05) is 22.8 Å². The van der Waals surface area contributed by atoms with Crippen molar-refractivity contribution in [3.63, 3.8) is 0 Å². The zero-order chi connectivity index (χ0) is 24.7. The minimum Gasteiger partial charge on any atom is -0.380 e. The molecule has 0 bridgehead atoms. The molecule has 184 valence electrons. The third kappa shape index (κ3) is 3.38. The molecule has 1 aromatic heterocycles. The molecular weight excluding hydrogens is 454 g/mol. The number of aromatic nitrogens is 2. The summed E-state index contributed by atoms with van der Waals surface area (Å²) in [5.74, 6) is 0.877. The Morgan fingerprint density at radius 1 is 1.06 bits per heavy atom. The quantitative estimate of drug-likeness (QED) is 0.604. The number of amides is 2. The largest absolute Gasteiger partial charge is 0.380 e. The van der Waals surface area contributed by atoms with Crippen molar-refractivity contribution < 1.29 is 14.7 Å². The van der Waals surface area contributed by atoms with Gasteiger partial charge in [0, 0.05) is 37.6 Å². The fourth-order valence-corrected chi connectivity index (χ4v) is 5.70. The Hall–Kier alpha value is -3.52. The number of amidine groups is 1. The first-order valence-electron chi connectivity index (χ1n) is 12.8. The highest BCUT2D eigenvalue weighted by molar-refractivity contribution is 6.16. The zero-order valence-corrected chi connectivity index (χ0v) is 20.4. The summed E-state index contributed by atoms with van der Waals surface area (Å²) in [7, 11) is 1.94. The summed E-state index contributed by atoms with van der Waals surface area (Å²) in [6.07, 6.45) is 5.43. The second-order valence-corrected chi connectivity index (χ2v) is 10.9. The van der Waals surface area contributed by atoms with E-state index in [-0.39, 0.29) is 17.7 Å². The van der Waals surface area contributed by atoms with Crippen molar-refractivity contribution >= 4 is 28.6 Å². The molecule has 1 spiro atoms. The first-order valence-corrected chi connectivity index (χ1v) is 12.8. The molecule has 2 aromatic carbocycles. The summed E-state index contributed by atoms with van der Waals surface area (Å²) >= 11 is 0. The number of hydrogen-bond acceptors (Lipinski definition) is 5. The molecule has 3 fully saturated rings. The number of rotatable bonds is 5. The Balaban J connectivity index is 1.11. The summed E-state index contributed by atoms with van der Waals surface area (Å²) in [6.45, 7) is 1.78. The molecule has 8 heteroatoms. The van der Waals surface area contributed by atoms with Gasteiger partial charge in [-0.25, -0.2) is 0 Å². The number of fused-ring (bicyclic) bond motifs is 1. The molecule has 3 aromatic rings. The lowest BCUT2D eigenvalue weighted by Gasteiger charge is -2.24. The molecule has 36 heavy (non-hydrogen) atoms. The zero-order valence-electron chi connectivity index (χ0n) is 20.4. The number of benzene rings is 2. The standard InChI is InChI=1S/C28H29N5O3/c1-31-23-7-6-21(14-22(23)15-29-31)19-2-4-20(5-3-19)24-30-27(9-10-27)25(34)33(24)17-18-8-13-32(16-18)26(35)28(36)11-12-28/h2-7,14-15,18,36H,8-13,16-17H2,1H3/t18-/m1/s1. The minimum atomic E-state index is -1.13. The number of carbonyl (C=O) groups is 2. The molecule has 2 aliphatic heterocycles. The number of likely N-dealkylation sites (tertiary alicyclic amines) is 1. The Morgan fingerprint density at radius 3 is 2.50 bits per heavy atom. The van der Waals surface area contributed by atoms with Crippen molar-refractivity contribution in [2.75, 3.05) is 19.6 Å². The highest BCUT2D eigenvalue weighted by atomic mass is 16.3. The summed E-state index contributed by atoms with van der Waals surface area (Å²) in [4.78, 5) is 34.5. The highest BCUT2D eigenvalue weighted by Crippen LogP contribution is 2.46. The molecule has 8 nitrogen and oxygen atoms in total. The first kappa shape index (κ1) is 21.7. The summed E-state index contributed by atoms with van der Waals surface area (Å²) in [6, 6.07) is 14.6. The Labute approximate surface area is 209 Å². The van der Waals surface area contributed by atoms with E-state index < -0.39 is 11.1 Å². The second kappa shape index (κ2) is 7.49. The molecule has 3 heterocycles. The predicted molar refractivity (Wildman–Crippen MR) is 135 cm³/mol. The van der Waals surface area contributed by atoms with Gasteiger partial charge in [-0.2, -0.15) is 5.10 Å². The molecule has 7 rings (SSSR count).